The van der Waals surface area contributed by atoms with E-state index < -0.39 is 35.5 Å². The lowest BCUT2D eigenvalue weighted by atomic mass is 9.79. The van der Waals surface area contributed by atoms with Gasteiger partial charge in [-0.05, 0) is 68.3 Å². The number of para-hydroxylation sites is 1. The van der Waals surface area contributed by atoms with Gasteiger partial charge < -0.3 is 16.0 Å². The molecule has 0 aliphatic carbocycles. The Morgan fingerprint density at radius 1 is 1.02 bits per heavy atom. The third kappa shape index (κ3) is 8.49. The fourth-order valence-corrected chi connectivity index (χ4v) is 6.34. The van der Waals surface area contributed by atoms with Gasteiger partial charge in [-0.3, -0.25) is 24.2 Å². The number of hydrogen-bond acceptors (Lipinski definition) is 6. The number of likely N-dealkylation sites (tertiary alicyclic amines) is 2. The van der Waals surface area contributed by atoms with Crippen LogP contribution in [0.25, 0.3) is 0 Å². The van der Waals surface area contributed by atoms with Crippen LogP contribution in [0.15, 0.2) is 108 Å². The second kappa shape index (κ2) is 16.0. The predicted octanol–water partition coefficient (Wildman–Crippen LogP) is 5.63. The third-order valence-corrected chi connectivity index (χ3v) is 8.80. The Hall–Kier alpha value is -5.23. The molecule has 2 atom stereocenters. The Labute approximate surface area is 289 Å². The maximum Gasteiger partial charge on any atom is 0.416 e. The second-order valence-corrected chi connectivity index (χ2v) is 12.4. The van der Waals surface area contributed by atoms with Gasteiger partial charge in [-0.1, -0.05) is 54.6 Å². The minimum atomic E-state index is -4.65. The molecule has 2 saturated heterocycles. The van der Waals surface area contributed by atoms with Crippen molar-refractivity contribution in [1.29, 1.82) is 0 Å². The van der Waals surface area contributed by atoms with Gasteiger partial charge in [0.2, 0.25) is 5.91 Å². The van der Waals surface area contributed by atoms with Crippen LogP contribution >= 0.6 is 0 Å². The van der Waals surface area contributed by atoms with Crippen molar-refractivity contribution in [2.45, 2.75) is 44.4 Å². The zero-order chi connectivity index (χ0) is 35.8. The smallest absolute Gasteiger partial charge is 0.404 e. The quantitative estimate of drug-likeness (QED) is 0.269. The van der Waals surface area contributed by atoms with Gasteiger partial charge in [0.15, 0.2) is 0 Å². The van der Waals surface area contributed by atoms with Crippen molar-refractivity contribution in [3.05, 3.63) is 125 Å². The lowest BCUT2D eigenvalue weighted by molar-refractivity contribution is -0.137. The Balaban J connectivity index is 1.48. The first-order valence-electron chi connectivity index (χ1n) is 16.6. The Morgan fingerprint density at radius 3 is 2.42 bits per heavy atom. The highest BCUT2D eigenvalue weighted by molar-refractivity contribution is 6.15. The molecule has 0 bridgehead atoms. The minimum absolute atomic E-state index is 0.00767. The number of alkyl halides is 3. The monoisotopic (exact) mass is 686 g/mol. The maximum absolute atomic E-state index is 14.3. The molecule has 9 nitrogen and oxygen atoms in total. The molecule has 3 N–H and O–H groups in total. The van der Waals surface area contributed by atoms with Gasteiger partial charge >= 0.3 is 6.18 Å². The first-order valence-corrected chi connectivity index (χ1v) is 16.6. The summed E-state index contributed by atoms with van der Waals surface area (Å²) in [6.45, 7) is 4.56. The second-order valence-electron chi connectivity index (χ2n) is 12.4. The topological polar surface area (TPSA) is 111 Å². The largest absolute Gasteiger partial charge is 0.416 e. The highest BCUT2D eigenvalue weighted by Gasteiger charge is 2.45. The molecule has 3 aromatic rings. The Kier molecular flexibility index (Phi) is 11.5. The number of halogens is 3. The van der Waals surface area contributed by atoms with E-state index in [-0.39, 0.29) is 18.0 Å². The van der Waals surface area contributed by atoms with Gasteiger partial charge in [0.1, 0.15) is 11.9 Å². The first kappa shape index (κ1) is 36.1. The van der Waals surface area contributed by atoms with E-state index in [1.54, 1.807) is 25.1 Å². The fourth-order valence-electron chi connectivity index (χ4n) is 6.34. The summed E-state index contributed by atoms with van der Waals surface area (Å²) in [4.78, 5) is 50.3. The standard InChI is InChI=1S/C38H41F3N6O3/c1-3-47-35(43-30-16-5-4-6-17-30)31(24-42)33(34(37(47)50)44-36(49)28-14-10-15-29(23-28)38(39,40)41)27-13-9-12-26(22-27)25-45(2)19-11-18-32(48)46-20-7-8-21-46/h4-6,9-18,22-24,33-34H,3,7-8,19-21,25,42H2,1-2H3,(H,44,49)/b18-11+,31-24-,43-35?/t33-,34+/m1/s1. The number of amides is 3. The molecule has 2 aliphatic heterocycles. The molecule has 0 aromatic heterocycles. The van der Waals surface area contributed by atoms with Gasteiger partial charge in [-0.25, -0.2) is 4.99 Å². The van der Waals surface area contributed by atoms with Crippen molar-refractivity contribution in [3.8, 4) is 0 Å². The number of hydrogen-bond donors (Lipinski definition) is 2. The van der Waals surface area contributed by atoms with Crippen LogP contribution in [-0.2, 0) is 22.3 Å². The molecular weight excluding hydrogens is 645 g/mol. The van der Waals surface area contributed by atoms with Gasteiger partial charge in [0.25, 0.3) is 11.8 Å². The van der Waals surface area contributed by atoms with Crippen LogP contribution in [0.2, 0.25) is 0 Å². The summed E-state index contributed by atoms with van der Waals surface area (Å²) in [7, 11) is 1.93. The van der Waals surface area contributed by atoms with E-state index in [4.69, 9.17) is 10.7 Å². The van der Waals surface area contributed by atoms with Crippen molar-refractivity contribution < 1.29 is 27.6 Å². The average Bonchev–Trinajstić information content (AvgIpc) is 3.65. The van der Waals surface area contributed by atoms with Gasteiger partial charge in [0, 0.05) is 62.1 Å². The number of piperidine rings is 1. The van der Waals surface area contributed by atoms with E-state index in [0.717, 1.165) is 49.7 Å². The SMILES string of the molecule is CCN1C(=O)[C@@H](NC(=O)c2cccc(C(F)(F)F)c2)[C@H](c2cccc(CN(C)C/C=C/C(=O)N3CCCC3)c2)/C(=C/N)C1=Nc1ccccc1. The van der Waals surface area contributed by atoms with Crippen molar-refractivity contribution >= 4 is 29.2 Å². The number of nitrogens with one attached hydrogen (secondary N) is 1. The molecule has 3 amide bonds. The van der Waals surface area contributed by atoms with E-state index in [0.29, 0.717) is 35.7 Å². The summed E-state index contributed by atoms with van der Waals surface area (Å²) in [6, 6.07) is 19.5. The molecule has 0 radical (unpaired) electrons. The van der Waals surface area contributed by atoms with Crippen LogP contribution in [0.1, 0.15) is 52.7 Å². The lowest BCUT2D eigenvalue weighted by Crippen LogP contribution is -2.59. The average molecular weight is 687 g/mol. The summed E-state index contributed by atoms with van der Waals surface area (Å²) < 4.78 is 40.5. The molecular formula is C38H41F3N6O3. The summed E-state index contributed by atoms with van der Waals surface area (Å²) in [5.74, 6) is -1.81. The third-order valence-electron chi connectivity index (χ3n) is 8.80. The minimum Gasteiger partial charge on any atom is -0.404 e. The number of aliphatic imine (C=N–C) groups is 1. The van der Waals surface area contributed by atoms with Crippen LogP contribution in [0, 0.1) is 0 Å². The molecule has 2 aliphatic rings. The van der Waals surface area contributed by atoms with Crippen LogP contribution in [-0.4, -0.2) is 77.5 Å². The normalized spacial score (nSPS) is 20.0. The number of nitrogens with zero attached hydrogens (tertiary/aromatic N) is 4. The Bertz CT molecular complexity index is 1780. The molecule has 2 fully saturated rings. The van der Waals surface area contributed by atoms with Crippen molar-refractivity contribution in [1.82, 2.24) is 20.0 Å². The highest BCUT2D eigenvalue weighted by atomic mass is 19.4. The number of benzene rings is 3. The lowest BCUT2D eigenvalue weighted by Gasteiger charge is -2.40. The van der Waals surface area contributed by atoms with Gasteiger partial charge in [-0.2, -0.15) is 13.2 Å². The van der Waals surface area contributed by atoms with E-state index in [1.165, 1.54) is 17.2 Å². The molecule has 0 unspecified atom stereocenters. The number of carbonyl (C=O) groups is 3. The molecule has 2 heterocycles. The van der Waals surface area contributed by atoms with E-state index in [9.17, 15) is 27.6 Å². The molecule has 5 rings (SSSR count). The van der Waals surface area contributed by atoms with Crippen molar-refractivity contribution in [2.75, 3.05) is 33.2 Å². The van der Waals surface area contributed by atoms with Crippen molar-refractivity contribution in [2.24, 2.45) is 10.7 Å². The Morgan fingerprint density at radius 2 is 1.74 bits per heavy atom. The number of rotatable bonds is 10. The number of likely N-dealkylation sites (N-methyl/N-ethyl adjacent to an activating group) is 2. The number of amidine groups is 1. The molecule has 3 aromatic carbocycles. The molecule has 50 heavy (non-hydrogen) atoms. The predicted molar refractivity (Wildman–Crippen MR) is 186 cm³/mol. The van der Waals surface area contributed by atoms with E-state index in [1.807, 2.05) is 65.4 Å². The highest BCUT2D eigenvalue weighted by Crippen LogP contribution is 2.37. The van der Waals surface area contributed by atoms with Gasteiger partial charge in [-0.15, -0.1) is 0 Å². The first-order chi connectivity index (χ1) is 24.0. The number of carbonyl (C=O) groups excluding carboxylic acids is 3. The molecule has 0 spiro atoms. The van der Waals surface area contributed by atoms with Crippen LogP contribution in [0.4, 0.5) is 18.9 Å². The van der Waals surface area contributed by atoms with Crippen LogP contribution in [0.5, 0.6) is 0 Å². The van der Waals surface area contributed by atoms with Crippen molar-refractivity contribution in [3.63, 3.8) is 0 Å². The molecule has 12 heteroatoms. The summed E-state index contributed by atoms with van der Waals surface area (Å²) in [6.07, 6.45) is 2.21. The summed E-state index contributed by atoms with van der Waals surface area (Å²) in [5.41, 5.74) is 7.70. The summed E-state index contributed by atoms with van der Waals surface area (Å²) in [5, 5.41) is 2.74. The van der Waals surface area contributed by atoms with E-state index in [2.05, 4.69) is 5.32 Å². The summed E-state index contributed by atoms with van der Waals surface area (Å²) >= 11 is 0. The fraction of sp³-hybridized carbons (Fsp3) is 0.316. The molecule has 0 saturated carbocycles. The zero-order valence-electron chi connectivity index (χ0n) is 28.1. The van der Waals surface area contributed by atoms with Crippen LogP contribution < -0.4 is 11.1 Å². The van der Waals surface area contributed by atoms with Crippen LogP contribution in [0.3, 0.4) is 0 Å². The van der Waals surface area contributed by atoms with Gasteiger partial charge in [0.05, 0.1) is 11.3 Å². The maximum atomic E-state index is 14.3. The van der Waals surface area contributed by atoms with E-state index >= 15 is 0 Å². The number of nitrogens with two attached hydrogens (primary N) is 1. The zero-order valence-corrected chi connectivity index (χ0v) is 28.1. The molecule has 262 valence electrons.